The number of hydrogen-bond acceptors (Lipinski definition) is 2. The van der Waals surface area contributed by atoms with Gasteiger partial charge in [0.1, 0.15) is 10.8 Å². The number of carbonyl (C=O) groups excluding carboxylic acids is 2. The molecular formula is C18H34Cl2N2O2. The predicted octanol–water partition coefficient (Wildman–Crippen LogP) is 4.37. The highest BCUT2D eigenvalue weighted by atomic mass is 35.5. The topological polar surface area (TPSA) is 58.2 Å². The summed E-state index contributed by atoms with van der Waals surface area (Å²) in [6, 6.07) is 0.263. The van der Waals surface area contributed by atoms with Crippen molar-refractivity contribution in [2.75, 3.05) is 0 Å². The summed E-state index contributed by atoms with van der Waals surface area (Å²) in [5, 5.41) is 4.80. The first-order valence-corrected chi connectivity index (χ1v) is 10.00. The molecule has 0 aromatic carbocycles. The zero-order chi connectivity index (χ0) is 18.5. The molecule has 24 heavy (non-hydrogen) atoms. The Bertz CT molecular complexity index is 329. The second-order valence-electron chi connectivity index (χ2n) is 6.96. The second kappa shape index (κ2) is 13.8. The number of carbonyl (C=O) groups is 2. The molecule has 6 heteroatoms. The van der Waals surface area contributed by atoms with E-state index in [-0.39, 0.29) is 23.9 Å². The maximum atomic E-state index is 11.7. The van der Waals surface area contributed by atoms with Gasteiger partial charge in [-0.25, -0.2) is 0 Å². The maximum absolute atomic E-state index is 11.7. The lowest BCUT2D eigenvalue weighted by Crippen LogP contribution is -2.36. The van der Waals surface area contributed by atoms with Crippen molar-refractivity contribution in [3.8, 4) is 0 Å². The van der Waals surface area contributed by atoms with Gasteiger partial charge in [-0.05, 0) is 40.5 Å². The molecule has 2 unspecified atom stereocenters. The molecular weight excluding hydrogens is 347 g/mol. The summed E-state index contributed by atoms with van der Waals surface area (Å²) in [4.78, 5) is 23.3. The fourth-order valence-electron chi connectivity index (χ4n) is 2.37. The van der Waals surface area contributed by atoms with Crippen molar-refractivity contribution in [2.45, 2.75) is 102 Å². The van der Waals surface area contributed by atoms with E-state index in [1.165, 1.54) is 0 Å². The van der Waals surface area contributed by atoms with E-state index in [9.17, 15) is 9.59 Å². The molecule has 0 heterocycles. The van der Waals surface area contributed by atoms with Crippen molar-refractivity contribution >= 4 is 35.0 Å². The van der Waals surface area contributed by atoms with Crippen molar-refractivity contribution in [1.29, 1.82) is 0 Å². The van der Waals surface area contributed by atoms with Crippen LogP contribution in [0.3, 0.4) is 0 Å². The van der Waals surface area contributed by atoms with Crippen LogP contribution in [0.15, 0.2) is 0 Å². The number of alkyl halides is 2. The lowest BCUT2D eigenvalue weighted by Gasteiger charge is -2.13. The molecule has 0 aromatic heterocycles. The second-order valence-corrected chi connectivity index (χ2v) is 8.01. The standard InChI is InChI=1S/C18H34Cl2N2O2/c1-13(2)21-17(23)15(19)11-9-7-5-6-8-10-12-16(20)18(24)22-14(3)4/h13-16H,5-12H2,1-4H3,(H,21,23)(H,22,24). The van der Waals surface area contributed by atoms with Gasteiger partial charge in [-0.2, -0.15) is 0 Å². The van der Waals surface area contributed by atoms with Crippen LogP contribution in [-0.2, 0) is 9.59 Å². The number of unbranched alkanes of at least 4 members (excludes halogenated alkanes) is 5. The monoisotopic (exact) mass is 380 g/mol. The SMILES string of the molecule is CC(C)NC(=O)C(Cl)CCCCCCCCC(Cl)C(=O)NC(C)C. The zero-order valence-electron chi connectivity index (χ0n) is 15.5. The summed E-state index contributed by atoms with van der Waals surface area (Å²) in [6.07, 6.45) is 7.79. The number of hydrogen-bond donors (Lipinski definition) is 2. The normalized spacial score (nSPS) is 13.8. The minimum absolute atomic E-state index is 0.0699. The van der Waals surface area contributed by atoms with E-state index < -0.39 is 10.8 Å². The van der Waals surface area contributed by atoms with Crippen LogP contribution >= 0.6 is 23.2 Å². The van der Waals surface area contributed by atoms with Crippen LogP contribution in [0.4, 0.5) is 0 Å². The highest BCUT2D eigenvalue weighted by molar-refractivity contribution is 6.31. The van der Waals surface area contributed by atoms with E-state index >= 15 is 0 Å². The minimum Gasteiger partial charge on any atom is -0.353 e. The Balaban J connectivity index is 3.54. The molecule has 0 aliphatic carbocycles. The van der Waals surface area contributed by atoms with E-state index in [0.29, 0.717) is 0 Å². The number of nitrogens with one attached hydrogen (secondary N) is 2. The highest BCUT2D eigenvalue weighted by Gasteiger charge is 2.16. The van der Waals surface area contributed by atoms with Gasteiger partial charge in [0.15, 0.2) is 0 Å². The summed E-state index contributed by atoms with van der Waals surface area (Å²) in [7, 11) is 0. The zero-order valence-corrected chi connectivity index (χ0v) is 17.1. The van der Waals surface area contributed by atoms with Crippen LogP contribution < -0.4 is 10.6 Å². The first-order chi connectivity index (χ1) is 11.2. The van der Waals surface area contributed by atoms with E-state index in [4.69, 9.17) is 23.2 Å². The average Bonchev–Trinajstić information content (AvgIpc) is 2.47. The molecule has 4 nitrogen and oxygen atoms in total. The van der Waals surface area contributed by atoms with Gasteiger partial charge in [0.2, 0.25) is 11.8 Å². The molecule has 0 spiro atoms. The van der Waals surface area contributed by atoms with Crippen LogP contribution in [0.5, 0.6) is 0 Å². The van der Waals surface area contributed by atoms with Gasteiger partial charge in [-0.3, -0.25) is 9.59 Å². The number of amides is 2. The average molecular weight is 381 g/mol. The Morgan fingerprint density at radius 2 is 0.958 bits per heavy atom. The minimum atomic E-state index is -0.427. The van der Waals surface area contributed by atoms with Crippen LogP contribution in [0.25, 0.3) is 0 Å². The molecule has 0 radical (unpaired) electrons. The van der Waals surface area contributed by atoms with Crippen molar-refractivity contribution < 1.29 is 9.59 Å². The molecule has 142 valence electrons. The summed E-state index contributed by atoms with van der Waals surface area (Å²) < 4.78 is 0. The fourth-order valence-corrected chi connectivity index (χ4v) is 2.80. The lowest BCUT2D eigenvalue weighted by molar-refractivity contribution is -0.122. The molecule has 2 N–H and O–H groups in total. The summed E-state index contributed by atoms with van der Waals surface area (Å²) in [5.41, 5.74) is 0. The van der Waals surface area contributed by atoms with Crippen LogP contribution in [0.2, 0.25) is 0 Å². The van der Waals surface area contributed by atoms with Gasteiger partial charge in [0.25, 0.3) is 0 Å². The summed E-state index contributed by atoms with van der Waals surface area (Å²) >= 11 is 12.1. The Morgan fingerprint density at radius 1 is 0.667 bits per heavy atom. The molecule has 0 aliphatic heterocycles. The Labute approximate surface area is 157 Å². The molecule has 2 atom stereocenters. The van der Waals surface area contributed by atoms with Crippen molar-refractivity contribution in [3.63, 3.8) is 0 Å². The lowest BCUT2D eigenvalue weighted by atomic mass is 10.1. The van der Waals surface area contributed by atoms with Gasteiger partial charge < -0.3 is 10.6 Å². The quantitative estimate of drug-likeness (QED) is 0.368. The van der Waals surface area contributed by atoms with E-state index in [0.717, 1.165) is 51.4 Å². The molecule has 2 amide bonds. The first-order valence-electron chi connectivity index (χ1n) is 9.13. The van der Waals surface area contributed by atoms with Gasteiger partial charge in [-0.15, -0.1) is 23.2 Å². The number of rotatable bonds is 13. The highest BCUT2D eigenvalue weighted by Crippen LogP contribution is 2.14. The van der Waals surface area contributed by atoms with Gasteiger partial charge in [-0.1, -0.05) is 38.5 Å². The van der Waals surface area contributed by atoms with Gasteiger partial charge in [0.05, 0.1) is 0 Å². The molecule has 0 fully saturated rings. The predicted molar refractivity (Wildman–Crippen MR) is 103 cm³/mol. The van der Waals surface area contributed by atoms with Gasteiger partial charge in [0, 0.05) is 12.1 Å². The molecule has 0 bridgehead atoms. The van der Waals surface area contributed by atoms with E-state index in [2.05, 4.69) is 10.6 Å². The fraction of sp³-hybridized carbons (Fsp3) is 0.889. The molecule has 0 rings (SSSR count). The largest absolute Gasteiger partial charge is 0.353 e. The van der Waals surface area contributed by atoms with Crippen LogP contribution in [-0.4, -0.2) is 34.7 Å². The Morgan fingerprint density at radius 3 is 1.25 bits per heavy atom. The Kier molecular flexibility index (Phi) is 13.5. The van der Waals surface area contributed by atoms with Crippen LogP contribution in [0, 0.1) is 0 Å². The molecule has 0 aliphatic rings. The van der Waals surface area contributed by atoms with Gasteiger partial charge >= 0.3 is 0 Å². The third kappa shape index (κ3) is 12.9. The Hall–Kier alpha value is -0.480. The van der Waals surface area contributed by atoms with Crippen molar-refractivity contribution in [1.82, 2.24) is 10.6 Å². The summed E-state index contributed by atoms with van der Waals surface area (Å²) in [6.45, 7) is 7.72. The van der Waals surface area contributed by atoms with Crippen molar-refractivity contribution in [2.24, 2.45) is 0 Å². The molecule has 0 saturated carbocycles. The van der Waals surface area contributed by atoms with Crippen molar-refractivity contribution in [3.05, 3.63) is 0 Å². The van der Waals surface area contributed by atoms with E-state index in [1.807, 2.05) is 27.7 Å². The maximum Gasteiger partial charge on any atom is 0.238 e. The van der Waals surface area contributed by atoms with Crippen LogP contribution in [0.1, 0.15) is 79.1 Å². The third-order valence-corrected chi connectivity index (χ3v) is 4.43. The molecule has 0 aromatic rings. The number of halogens is 2. The first kappa shape index (κ1) is 23.5. The van der Waals surface area contributed by atoms with E-state index in [1.54, 1.807) is 0 Å². The molecule has 0 saturated heterocycles. The summed E-state index contributed by atoms with van der Waals surface area (Å²) in [5.74, 6) is -0.140. The smallest absolute Gasteiger partial charge is 0.238 e. The third-order valence-electron chi connectivity index (χ3n) is 3.60.